The molecule has 4 aromatic heterocycles. The zero-order chi connectivity index (χ0) is 94.7. The molecule has 0 fully saturated rings. The molecule has 0 N–H and O–H groups in total. The van der Waals surface area contributed by atoms with Crippen LogP contribution in [0.4, 0.5) is 51.2 Å². The summed E-state index contributed by atoms with van der Waals surface area (Å²) in [7, 11) is 0. The zero-order valence-corrected chi connectivity index (χ0v) is 79.9. The molecule has 142 heavy (non-hydrogen) atoms. The predicted molar refractivity (Wildman–Crippen MR) is 603 cm³/mol. The molecule has 0 unspecified atom stereocenters. The van der Waals surface area contributed by atoms with E-state index in [1.807, 2.05) is 0 Å². The number of rotatable bonds is 15. The van der Waals surface area contributed by atoms with Gasteiger partial charge in [-0.15, -0.1) is 0 Å². The molecule has 0 saturated carbocycles. The van der Waals surface area contributed by atoms with Gasteiger partial charge < -0.3 is 33.0 Å². The summed E-state index contributed by atoms with van der Waals surface area (Å²) in [6.45, 7) is 13.5. The predicted octanol–water partition coefficient (Wildman–Crippen LogP) is 34.2. The lowest BCUT2D eigenvalue weighted by atomic mass is 9.33. The van der Waals surface area contributed by atoms with Crippen molar-refractivity contribution < 1.29 is 0 Å². The smallest absolute Gasteiger partial charge is 0.252 e. The monoisotopic (exact) mass is 1820 g/mol. The largest absolute Gasteiger partial charge is 0.310 e. The molecule has 6 heterocycles. The van der Waals surface area contributed by atoms with Gasteiger partial charge in [-0.1, -0.05) is 406 Å². The molecule has 0 saturated heterocycles. The molecule has 7 nitrogen and oxygen atoms in total. The molecular weight excluding hydrogens is 1720 g/mol. The van der Waals surface area contributed by atoms with Crippen molar-refractivity contribution in [3.05, 3.63) is 496 Å². The van der Waals surface area contributed by atoms with Crippen molar-refractivity contribution in [3.63, 3.8) is 0 Å². The highest BCUT2D eigenvalue weighted by atomic mass is 15.2. The standard InChI is InChI=1S/C134H98BN7/c1-133(2,3)91-73-77-97(78-74-91)136(98-79-75-92(76-80-98)134(4,5)6)99-85-124-126-125(86-99)142(132-114(110-61-35-57-106-102-53-27-31-69-120(102)139(129(106)110)95-47-21-11-22-48-95)65-38-66-115(132)111-62-36-58-107-103-54-28-32-70-121(103)140(130(107)111)96-49-23-12-24-50-96)123-84-90(88-41-15-8-16-42-88)72-82-117(123)135(126)116-81-71-89(87-39-13-7-14-40-87)83-122(116)141(124)131-112(108-59-33-55-104-100-51-25-29-67-118(100)137(127(104)108)93-43-17-9-18-44-93)63-37-64-113(131)109-60-34-56-105-101-52-26-30-68-119(101)138(128(105)109)94-45-19-10-20-46-94/h7-86H,1-6H3. The Morgan fingerprint density at radius 1 is 0.197 bits per heavy atom. The van der Waals surface area contributed by atoms with Crippen LogP contribution in [0.2, 0.25) is 0 Å². The molecule has 0 aliphatic carbocycles. The van der Waals surface area contributed by atoms with Crippen LogP contribution >= 0.6 is 0 Å². The Kier molecular flexibility index (Phi) is 19.4. The fraction of sp³-hybridized carbons (Fsp3) is 0.0597. The van der Waals surface area contributed by atoms with Crippen LogP contribution in [0.25, 0.3) is 177 Å². The van der Waals surface area contributed by atoms with E-state index in [1.54, 1.807) is 0 Å². The number of hydrogen-bond acceptors (Lipinski definition) is 3. The van der Waals surface area contributed by atoms with E-state index in [9.17, 15) is 0 Å². The van der Waals surface area contributed by atoms with Crippen molar-refractivity contribution >= 4 is 162 Å². The highest BCUT2D eigenvalue weighted by molar-refractivity contribution is 7.00. The van der Waals surface area contributed by atoms with Gasteiger partial charge in [0.05, 0.1) is 61.2 Å². The summed E-state index contributed by atoms with van der Waals surface area (Å²) < 4.78 is 10.1. The first-order valence-electron chi connectivity index (χ1n) is 49.6. The average molecular weight is 1820 g/mol. The molecule has 2 aliphatic rings. The van der Waals surface area contributed by atoms with Gasteiger partial charge >= 0.3 is 0 Å². The van der Waals surface area contributed by atoms with Gasteiger partial charge in [0.15, 0.2) is 0 Å². The number of benzene rings is 21. The minimum atomic E-state index is -0.413. The van der Waals surface area contributed by atoms with Crippen molar-refractivity contribution in [1.29, 1.82) is 0 Å². The molecule has 0 bridgehead atoms. The van der Waals surface area contributed by atoms with Crippen molar-refractivity contribution in [3.8, 4) is 89.5 Å². The lowest BCUT2D eigenvalue weighted by molar-refractivity contribution is 0.590. The van der Waals surface area contributed by atoms with Gasteiger partial charge in [-0.05, 0) is 182 Å². The van der Waals surface area contributed by atoms with E-state index in [4.69, 9.17) is 0 Å². The molecule has 0 atom stereocenters. The molecule has 672 valence electrons. The minimum Gasteiger partial charge on any atom is -0.310 e. The van der Waals surface area contributed by atoms with Crippen LogP contribution in [0.1, 0.15) is 52.7 Å². The van der Waals surface area contributed by atoms with E-state index in [-0.39, 0.29) is 10.8 Å². The van der Waals surface area contributed by atoms with Crippen LogP contribution in [-0.4, -0.2) is 25.0 Å². The highest BCUT2D eigenvalue weighted by Crippen LogP contribution is 2.59. The summed E-state index contributed by atoms with van der Waals surface area (Å²) in [5, 5.41) is 9.33. The van der Waals surface area contributed by atoms with E-state index in [0.717, 1.165) is 212 Å². The van der Waals surface area contributed by atoms with Crippen LogP contribution in [0, 0.1) is 0 Å². The van der Waals surface area contributed by atoms with Gasteiger partial charge in [0.2, 0.25) is 0 Å². The van der Waals surface area contributed by atoms with Crippen LogP contribution in [-0.2, 0) is 10.8 Å². The Morgan fingerprint density at radius 3 is 0.739 bits per heavy atom. The molecule has 27 rings (SSSR count). The van der Waals surface area contributed by atoms with Gasteiger partial charge in [0.1, 0.15) is 0 Å². The molecule has 8 heteroatoms. The van der Waals surface area contributed by atoms with Crippen molar-refractivity contribution in [2.24, 2.45) is 0 Å². The Balaban J connectivity index is 0.868. The van der Waals surface area contributed by atoms with Gasteiger partial charge in [0.25, 0.3) is 6.71 Å². The third-order valence-electron chi connectivity index (χ3n) is 30.0. The lowest BCUT2D eigenvalue weighted by Gasteiger charge is -2.46. The number of fused-ring (bicyclic) bond motifs is 16. The number of anilines is 9. The van der Waals surface area contributed by atoms with Crippen molar-refractivity contribution in [2.45, 2.75) is 52.4 Å². The van der Waals surface area contributed by atoms with E-state index in [0.29, 0.717) is 0 Å². The molecule has 25 aromatic rings. The van der Waals surface area contributed by atoms with Crippen LogP contribution in [0.15, 0.2) is 485 Å². The Bertz CT molecular complexity index is 8460. The van der Waals surface area contributed by atoms with E-state index in [1.165, 1.54) is 43.6 Å². The summed E-state index contributed by atoms with van der Waals surface area (Å²) in [6, 6.07) is 184. The summed E-state index contributed by atoms with van der Waals surface area (Å²) in [4.78, 5) is 8.14. The minimum absolute atomic E-state index is 0.156. The fourth-order valence-corrected chi connectivity index (χ4v) is 23.6. The highest BCUT2D eigenvalue weighted by Gasteiger charge is 2.47. The molecule has 21 aromatic carbocycles. The first-order valence-corrected chi connectivity index (χ1v) is 49.6. The molecule has 0 radical (unpaired) electrons. The Labute approximate surface area is 826 Å². The van der Waals surface area contributed by atoms with E-state index < -0.39 is 6.71 Å². The van der Waals surface area contributed by atoms with E-state index in [2.05, 4.69) is 560 Å². The van der Waals surface area contributed by atoms with Crippen LogP contribution in [0.5, 0.6) is 0 Å². The first kappa shape index (κ1) is 83.6. The van der Waals surface area contributed by atoms with Gasteiger partial charge in [-0.2, -0.15) is 0 Å². The number of nitrogens with zero attached hydrogens (tertiary/aromatic N) is 7. The van der Waals surface area contributed by atoms with E-state index >= 15 is 0 Å². The third-order valence-corrected chi connectivity index (χ3v) is 30.0. The fourth-order valence-electron chi connectivity index (χ4n) is 23.6. The maximum absolute atomic E-state index is 2.78. The summed E-state index contributed by atoms with van der Waals surface area (Å²) in [5.41, 5.74) is 41.1. The SMILES string of the molecule is CC(C)(C)c1ccc(N(c2ccc(C(C)(C)C)cc2)c2cc3c4c(c2)N(c2c(-c5cccc6c7ccccc7n(-c7ccccc7)c56)cccc2-c2cccc5c6ccccc6n(-c6ccccc6)c25)c2cc(-c5ccccc5)ccc2B4c2ccc(-c4ccccc4)cc2N3c2c(-c3cccc4c5ccccc5n(-c5ccccc5)c34)cccc2-c2cccc3c4ccccc4n(-c4ccccc4)c23)cc1. The second kappa shape index (κ2) is 33.0. The summed E-state index contributed by atoms with van der Waals surface area (Å²) in [5.74, 6) is 0. The van der Waals surface area contributed by atoms with Crippen LogP contribution < -0.4 is 31.1 Å². The first-order chi connectivity index (χ1) is 69.8. The summed E-state index contributed by atoms with van der Waals surface area (Å²) >= 11 is 0. The molecule has 0 amide bonds. The van der Waals surface area contributed by atoms with Gasteiger partial charge in [-0.25, -0.2) is 0 Å². The number of para-hydroxylation sites is 14. The normalized spacial score (nSPS) is 12.5. The van der Waals surface area contributed by atoms with Crippen molar-refractivity contribution in [1.82, 2.24) is 18.3 Å². The summed E-state index contributed by atoms with van der Waals surface area (Å²) in [6.07, 6.45) is 0. The third kappa shape index (κ3) is 13.3. The second-order valence-electron chi connectivity index (χ2n) is 40.2. The number of aromatic nitrogens is 4. The average Bonchev–Trinajstić information content (AvgIpc) is 0.962. The second-order valence-corrected chi connectivity index (χ2v) is 40.2. The van der Waals surface area contributed by atoms with Gasteiger partial charge in [-0.3, -0.25) is 0 Å². The quantitative estimate of drug-likeness (QED) is 0.0958. The topological polar surface area (TPSA) is 29.4 Å². The zero-order valence-electron chi connectivity index (χ0n) is 79.9. The maximum atomic E-state index is 2.78. The van der Waals surface area contributed by atoms with Crippen LogP contribution in [0.3, 0.4) is 0 Å². The lowest BCUT2D eigenvalue weighted by Crippen LogP contribution is -2.61. The maximum Gasteiger partial charge on any atom is 0.252 e. The Hall–Kier alpha value is -17.7. The number of hydrogen-bond donors (Lipinski definition) is 0. The Morgan fingerprint density at radius 2 is 0.451 bits per heavy atom. The molecule has 0 spiro atoms. The van der Waals surface area contributed by atoms with Crippen molar-refractivity contribution in [2.75, 3.05) is 14.7 Å². The molecular formula is C134H98BN7. The molecule has 2 aliphatic heterocycles. The van der Waals surface area contributed by atoms with Gasteiger partial charge in [0, 0.05) is 144 Å².